The molecule has 8 heteroatoms. The second kappa shape index (κ2) is 10.8. The van der Waals surface area contributed by atoms with E-state index in [1.807, 2.05) is 23.6 Å². The highest BCUT2D eigenvalue weighted by Gasteiger charge is 2.13. The Balaban J connectivity index is 1.51. The van der Waals surface area contributed by atoms with E-state index in [1.165, 1.54) is 29.5 Å². The van der Waals surface area contributed by atoms with Gasteiger partial charge < -0.3 is 14.6 Å². The first-order valence-corrected chi connectivity index (χ1v) is 10.8. The first kappa shape index (κ1) is 21.8. The molecule has 1 heterocycles. The van der Waals surface area contributed by atoms with E-state index >= 15 is 0 Å². The van der Waals surface area contributed by atoms with Crippen molar-refractivity contribution in [3.05, 3.63) is 65.7 Å². The summed E-state index contributed by atoms with van der Waals surface area (Å²) in [6, 6.07) is 13.9. The lowest BCUT2D eigenvalue weighted by atomic mass is 10.1. The molecule has 0 bridgehead atoms. The van der Waals surface area contributed by atoms with Crippen molar-refractivity contribution in [3.63, 3.8) is 0 Å². The number of anilines is 1. The van der Waals surface area contributed by atoms with E-state index in [-0.39, 0.29) is 17.5 Å². The quantitative estimate of drug-likeness (QED) is 0.486. The number of rotatable bonds is 10. The molecule has 0 aliphatic carbocycles. The van der Waals surface area contributed by atoms with Gasteiger partial charge in [0.05, 0.1) is 12.9 Å². The third-order valence-corrected chi connectivity index (χ3v) is 5.54. The van der Waals surface area contributed by atoms with Crippen LogP contribution in [0.4, 0.5) is 10.1 Å². The Morgan fingerprint density at radius 1 is 1.17 bits per heavy atom. The number of nitrogens with one attached hydrogen (secondary N) is 1. The van der Waals surface area contributed by atoms with Gasteiger partial charge in [0.15, 0.2) is 5.16 Å². The topological polar surface area (TPSA) is 69.0 Å². The van der Waals surface area contributed by atoms with Gasteiger partial charge in [-0.2, -0.15) is 0 Å². The molecule has 30 heavy (non-hydrogen) atoms. The van der Waals surface area contributed by atoms with Crippen molar-refractivity contribution >= 4 is 23.4 Å². The largest absolute Gasteiger partial charge is 0.497 e. The van der Waals surface area contributed by atoms with Gasteiger partial charge in [-0.1, -0.05) is 30.0 Å². The number of carbonyl (C=O) groups is 1. The van der Waals surface area contributed by atoms with Gasteiger partial charge >= 0.3 is 0 Å². The van der Waals surface area contributed by atoms with Crippen molar-refractivity contribution < 1.29 is 13.9 Å². The number of hydrogen-bond acceptors (Lipinski definition) is 5. The molecule has 0 radical (unpaired) electrons. The van der Waals surface area contributed by atoms with Gasteiger partial charge in [0, 0.05) is 18.7 Å². The normalized spacial score (nSPS) is 10.8. The summed E-state index contributed by atoms with van der Waals surface area (Å²) in [6.07, 6.45) is 2.71. The van der Waals surface area contributed by atoms with Crippen molar-refractivity contribution in [2.24, 2.45) is 0 Å². The maximum atomic E-state index is 13.2. The summed E-state index contributed by atoms with van der Waals surface area (Å²) in [4.78, 5) is 12.2. The van der Waals surface area contributed by atoms with E-state index < -0.39 is 0 Å². The second-order valence-corrected chi connectivity index (χ2v) is 7.63. The Morgan fingerprint density at radius 2 is 1.97 bits per heavy atom. The van der Waals surface area contributed by atoms with Gasteiger partial charge in [-0.3, -0.25) is 4.79 Å². The van der Waals surface area contributed by atoms with E-state index in [0.717, 1.165) is 37.4 Å². The van der Waals surface area contributed by atoms with Gasteiger partial charge in [0.1, 0.15) is 17.4 Å². The maximum Gasteiger partial charge on any atom is 0.234 e. The first-order valence-electron chi connectivity index (χ1n) is 9.82. The smallest absolute Gasteiger partial charge is 0.234 e. The molecule has 3 rings (SSSR count). The second-order valence-electron chi connectivity index (χ2n) is 6.69. The van der Waals surface area contributed by atoms with Gasteiger partial charge in [0.2, 0.25) is 5.91 Å². The highest BCUT2D eigenvalue weighted by Crippen LogP contribution is 2.19. The molecule has 1 N–H and O–H groups in total. The number of amides is 1. The summed E-state index contributed by atoms with van der Waals surface area (Å²) in [7, 11) is 1.66. The SMILES string of the molecule is CCn1c(CCCc2ccc(OC)cc2)nnc1SCC(=O)Nc1cccc(F)c1. The number of aromatic nitrogens is 3. The summed E-state index contributed by atoms with van der Waals surface area (Å²) in [5.41, 5.74) is 1.69. The lowest BCUT2D eigenvalue weighted by Crippen LogP contribution is -2.15. The van der Waals surface area contributed by atoms with Crippen LogP contribution in [0, 0.1) is 5.82 Å². The van der Waals surface area contributed by atoms with E-state index in [9.17, 15) is 9.18 Å². The number of methoxy groups -OCH3 is 1. The Bertz CT molecular complexity index is 976. The summed E-state index contributed by atoms with van der Waals surface area (Å²) in [5, 5.41) is 12.0. The van der Waals surface area contributed by atoms with Gasteiger partial charge in [-0.25, -0.2) is 4.39 Å². The van der Waals surface area contributed by atoms with Crippen molar-refractivity contribution in [2.45, 2.75) is 37.9 Å². The van der Waals surface area contributed by atoms with Crippen LogP contribution >= 0.6 is 11.8 Å². The summed E-state index contributed by atoms with van der Waals surface area (Å²) >= 11 is 1.33. The summed E-state index contributed by atoms with van der Waals surface area (Å²) < 4.78 is 20.5. The molecule has 0 unspecified atom stereocenters. The molecule has 1 amide bonds. The monoisotopic (exact) mass is 428 g/mol. The van der Waals surface area contributed by atoms with E-state index in [0.29, 0.717) is 10.8 Å². The van der Waals surface area contributed by atoms with Crippen molar-refractivity contribution in [3.8, 4) is 5.75 Å². The van der Waals surface area contributed by atoms with Crippen LogP contribution in [0.25, 0.3) is 0 Å². The minimum atomic E-state index is -0.384. The zero-order valence-corrected chi connectivity index (χ0v) is 17.9. The fourth-order valence-corrected chi connectivity index (χ4v) is 3.89. The molecule has 6 nitrogen and oxygen atoms in total. The number of aryl methyl sites for hydroxylation is 2. The molecule has 0 fully saturated rings. The fraction of sp³-hybridized carbons (Fsp3) is 0.318. The predicted octanol–water partition coefficient (Wildman–Crippen LogP) is 4.35. The maximum absolute atomic E-state index is 13.2. The van der Waals surface area contributed by atoms with E-state index in [1.54, 1.807) is 19.2 Å². The summed E-state index contributed by atoms with van der Waals surface area (Å²) in [5.74, 6) is 1.36. The Hall–Kier alpha value is -2.87. The zero-order chi connectivity index (χ0) is 21.3. The van der Waals surface area contributed by atoms with E-state index in [2.05, 4.69) is 27.6 Å². The lowest BCUT2D eigenvalue weighted by molar-refractivity contribution is -0.113. The number of nitrogens with zero attached hydrogens (tertiary/aromatic N) is 3. The number of hydrogen-bond donors (Lipinski definition) is 1. The number of ether oxygens (including phenoxy) is 1. The van der Waals surface area contributed by atoms with Crippen LogP contribution in [0.5, 0.6) is 5.75 Å². The average molecular weight is 429 g/mol. The highest BCUT2D eigenvalue weighted by molar-refractivity contribution is 7.99. The third kappa shape index (κ3) is 6.06. The molecule has 158 valence electrons. The predicted molar refractivity (Wildman–Crippen MR) is 116 cm³/mol. The van der Waals surface area contributed by atoms with Crippen LogP contribution in [0.3, 0.4) is 0 Å². The van der Waals surface area contributed by atoms with Crippen LogP contribution < -0.4 is 10.1 Å². The molecule has 0 aliphatic rings. The molecule has 3 aromatic rings. The standard InChI is InChI=1S/C22H25FN4O2S/c1-3-27-20(9-4-6-16-10-12-19(29-2)13-11-16)25-26-22(27)30-15-21(28)24-18-8-5-7-17(23)14-18/h5,7-8,10-14H,3-4,6,9,15H2,1-2H3,(H,24,28). The van der Waals surface area contributed by atoms with Crippen LogP contribution in [0.15, 0.2) is 53.7 Å². The number of benzene rings is 2. The van der Waals surface area contributed by atoms with E-state index in [4.69, 9.17) is 4.74 Å². The number of halogens is 1. The Labute approximate surface area is 179 Å². The van der Waals surface area contributed by atoms with Gasteiger partial charge in [0.25, 0.3) is 0 Å². The minimum absolute atomic E-state index is 0.181. The molecular formula is C22H25FN4O2S. The molecule has 2 aromatic carbocycles. The van der Waals surface area contributed by atoms with Crippen LogP contribution in [-0.2, 0) is 24.2 Å². The Kier molecular flexibility index (Phi) is 7.84. The summed E-state index contributed by atoms with van der Waals surface area (Å²) in [6.45, 7) is 2.77. The van der Waals surface area contributed by atoms with Crippen LogP contribution in [-0.4, -0.2) is 33.5 Å². The molecular weight excluding hydrogens is 403 g/mol. The molecule has 0 atom stereocenters. The average Bonchev–Trinajstić information content (AvgIpc) is 3.14. The van der Waals surface area contributed by atoms with Crippen molar-refractivity contribution in [2.75, 3.05) is 18.2 Å². The van der Waals surface area contributed by atoms with Crippen LogP contribution in [0.2, 0.25) is 0 Å². The third-order valence-electron chi connectivity index (χ3n) is 4.58. The first-order chi connectivity index (χ1) is 14.6. The Morgan fingerprint density at radius 3 is 2.67 bits per heavy atom. The highest BCUT2D eigenvalue weighted by atomic mass is 32.2. The zero-order valence-electron chi connectivity index (χ0n) is 17.1. The van der Waals surface area contributed by atoms with Gasteiger partial charge in [-0.05, 0) is 55.7 Å². The molecule has 0 saturated heterocycles. The van der Waals surface area contributed by atoms with Crippen molar-refractivity contribution in [1.29, 1.82) is 0 Å². The van der Waals surface area contributed by atoms with Crippen LogP contribution in [0.1, 0.15) is 24.7 Å². The lowest BCUT2D eigenvalue weighted by Gasteiger charge is -2.08. The molecule has 0 saturated carbocycles. The fourth-order valence-electron chi connectivity index (χ4n) is 3.06. The molecule has 1 aromatic heterocycles. The van der Waals surface area contributed by atoms with Crippen molar-refractivity contribution in [1.82, 2.24) is 14.8 Å². The molecule has 0 spiro atoms. The minimum Gasteiger partial charge on any atom is -0.497 e. The number of carbonyl (C=O) groups excluding carboxylic acids is 1. The molecule has 0 aliphatic heterocycles. The van der Waals surface area contributed by atoms with Gasteiger partial charge in [-0.15, -0.1) is 10.2 Å². The number of thioether (sulfide) groups is 1.